The molecule has 3 rings (SSSR count). The van der Waals surface area contributed by atoms with Crippen molar-refractivity contribution in [1.29, 1.82) is 5.41 Å². The van der Waals surface area contributed by atoms with E-state index in [4.69, 9.17) is 22.9 Å². The first-order valence-corrected chi connectivity index (χ1v) is 6.79. The highest BCUT2D eigenvalue weighted by atomic mass is 35.5. The van der Waals surface area contributed by atoms with Crippen molar-refractivity contribution in [1.82, 2.24) is 20.2 Å². The lowest BCUT2D eigenvalue weighted by molar-refractivity contribution is 0.576. The number of nitrogens with one attached hydrogen (secondary N) is 2. The van der Waals surface area contributed by atoms with E-state index in [1.54, 1.807) is 22.9 Å². The van der Waals surface area contributed by atoms with Gasteiger partial charge in [0.15, 0.2) is 5.84 Å². The molecule has 6 nitrogen and oxygen atoms in total. The Morgan fingerprint density at radius 2 is 2.23 bits per heavy atom. The van der Waals surface area contributed by atoms with Crippen LogP contribution < -0.4 is 11.3 Å². The number of hydrogen-bond donors (Lipinski definition) is 3. The van der Waals surface area contributed by atoms with Gasteiger partial charge in [0.1, 0.15) is 11.5 Å². The zero-order valence-corrected chi connectivity index (χ0v) is 12.1. The van der Waals surface area contributed by atoms with E-state index in [9.17, 15) is 4.39 Å². The summed E-state index contributed by atoms with van der Waals surface area (Å²) in [5, 5.41) is 13.4. The number of nitrogens with zero attached hydrogens (tertiary/aromatic N) is 3. The summed E-state index contributed by atoms with van der Waals surface area (Å²) in [4.78, 5) is 4.01. The lowest BCUT2D eigenvalue weighted by Crippen LogP contribution is -2.30. The van der Waals surface area contributed by atoms with Gasteiger partial charge in [-0.2, -0.15) is 5.10 Å². The maximum Gasteiger partial charge on any atom is 0.161 e. The lowest BCUT2D eigenvalue weighted by Gasteiger charge is -2.04. The van der Waals surface area contributed by atoms with Gasteiger partial charge >= 0.3 is 0 Å². The van der Waals surface area contributed by atoms with Gasteiger partial charge in [0, 0.05) is 16.6 Å². The van der Waals surface area contributed by atoms with Gasteiger partial charge < -0.3 is 5.43 Å². The van der Waals surface area contributed by atoms with Crippen LogP contribution in [0.4, 0.5) is 4.39 Å². The van der Waals surface area contributed by atoms with Gasteiger partial charge in [-0.3, -0.25) is 15.1 Å². The molecule has 22 heavy (non-hydrogen) atoms. The SMILES string of the molecule is N=C(NN)c1nn(Cc2ncccc2F)c2cc(Cl)ccc12. The molecule has 0 aliphatic heterocycles. The molecule has 8 heteroatoms. The summed E-state index contributed by atoms with van der Waals surface area (Å²) >= 11 is 6.02. The fourth-order valence-corrected chi connectivity index (χ4v) is 2.36. The summed E-state index contributed by atoms with van der Waals surface area (Å²) in [6.07, 6.45) is 1.52. The Balaban J connectivity index is 2.15. The molecule has 0 fully saturated rings. The van der Waals surface area contributed by atoms with Gasteiger partial charge in [-0.05, 0) is 30.3 Å². The van der Waals surface area contributed by atoms with Gasteiger partial charge in [-0.25, -0.2) is 10.2 Å². The molecule has 0 aliphatic rings. The number of hydrogen-bond acceptors (Lipinski definition) is 4. The zero-order valence-electron chi connectivity index (χ0n) is 11.3. The van der Waals surface area contributed by atoms with E-state index >= 15 is 0 Å². The first kappa shape index (κ1) is 14.4. The van der Waals surface area contributed by atoms with Gasteiger partial charge in [-0.1, -0.05) is 11.6 Å². The smallest absolute Gasteiger partial charge is 0.161 e. The molecule has 2 aromatic heterocycles. The quantitative estimate of drug-likeness (QED) is 0.298. The molecule has 2 heterocycles. The number of aromatic nitrogens is 3. The van der Waals surface area contributed by atoms with Crippen LogP contribution >= 0.6 is 11.6 Å². The summed E-state index contributed by atoms with van der Waals surface area (Å²) in [5.41, 5.74) is 3.56. The number of halogens is 2. The molecule has 0 aliphatic carbocycles. The Morgan fingerprint density at radius 1 is 1.41 bits per heavy atom. The monoisotopic (exact) mass is 318 g/mol. The van der Waals surface area contributed by atoms with Crippen LogP contribution in [0.25, 0.3) is 10.9 Å². The van der Waals surface area contributed by atoms with Crippen LogP contribution in [-0.2, 0) is 6.54 Å². The Hall–Kier alpha value is -2.51. The molecule has 0 atom stereocenters. The molecule has 3 aromatic rings. The third-order valence-electron chi connectivity index (χ3n) is 3.23. The minimum Gasteiger partial charge on any atom is -0.307 e. The molecule has 0 amide bonds. The average Bonchev–Trinajstić information content (AvgIpc) is 2.87. The molecule has 1 aromatic carbocycles. The van der Waals surface area contributed by atoms with Crippen molar-refractivity contribution in [3.63, 3.8) is 0 Å². The van der Waals surface area contributed by atoms with E-state index in [1.807, 2.05) is 0 Å². The van der Waals surface area contributed by atoms with Crippen LogP contribution in [0, 0.1) is 11.2 Å². The van der Waals surface area contributed by atoms with E-state index in [0.29, 0.717) is 21.6 Å². The Labute approximate surface area is 130 Å². The second-order valence-corrected chi connectivity index (χ2v) is 5.06. The summed E-state index contributed by atoms with van der Waals surface area (Å²) < 4.78 is 15.3. The Morgan fingerprint density at radius 3 is 2.95 bits per heavy atom. The largest absolute Gasteiger partial charge is 0.307 e. The van der Waals surface area contributed by atoms with Crippen molar-refractivity contribution < 1.29 is 4.39 Å². The van der Waals surface area contributed by atoms with Crippen LogP contribution in [-0.4, -0.2) is 20.6 Å². The molecular weight excluding hydrogens is 307 g/mol. The highest BCUT2D eigenvalue weighted by molar-refractivity contribution is 6.31. The summed E-state index contributed by atoms with van der Waals surface area (Å²) in [5.74, 6) is 4.84. The number of nitrogens with two attached hydrogens (primary N) is 1. The van der Waals surface area contributed by atoms with Crippen LogP contribution in [0.3, 0.4) is 0 Å². The van der Waals surface area contributed by atoms with Crippen LogP contribution in [0.2, 0.25) is 5.02 Å². The third kappa shape index (κ3) is 2.51. The molecular formula is C14H12ClFN6. The minimum absolute atomic E-state index is 0.0347. The summed E-state index contributed by atoms with van der Waals surface area (Å²) in [6, 6.07) is 8.02. The first-order valence-electron chi connectivity index (χ1n) is 6.41. The van der Waals surface area contributed by atoms with Crippen LogP contribution in [0.5, 0.6) is 0 Å². The summed E-state index contributed by atoms with van der Waals surface area (Å²) in [6.45, 7) is 0.126. The van der Waals surface area contributed by atoms with Crippen molar-refractivity contribution in [2.45, 2.75) is 6.54 Å². The second-order valence-electron chi connectivity index (χ2n) is 4.62. The lowest BCUT2D eigenvalue weighted by atomic mass is 10.2. The maximum atomic E-state index is 13.8. The average molecular weight is 319 g/mol. The number of pyridine rings is 1. The van der Waals surface area contributed by atoms with Crippen molar-refractivity contribution in [2.24, 2.45) is 5.84 Å². The molecule has 0 saturated heterocycles. The molecule has 0 saturated carbocycles. The predicted octanol–water partition coefficient (Wildman–Crippen LogP) is 2.06. The van der Waals surface area contributed by atoms with Gasteiger partial charge in [0.25, 0.3) is 0 Å². The number of rotatable bonds is 3. The fourth-order valence-electron chi connectivity index (χ4n) is 2.20. The van der Waals surface area contributed by atoms with Crippen molar-refractivity contribution in [3.05, 3.63) is 58.8 Å². The number of benzene rings is 1. The maximum absolute atomic E-state index is 13.8. The summed E-state index contributed by atoms with van der Waals surface area (Å²) in [7, 11) is 0. The minimum atomic E-state index is -0.415. The number of amidine groups is 1. The third-order valence-corrected chi connectivity index (χ3v) is 3.46. The standard InChI is InChI=1S/C14H12ClFN6/c15-8-3-4-9-12(6-8)22(21-13(9)14(17)20-18)7-11-10(16)2-1-5-19-11/h1-6H,7,18H2,(H2,17,20). The van der Waals surface area contributed by atoms with Crippen molar-refractivity contribution in [3.8, 4) is 0 Å². The van der Waals surface area contributed by atoms with E-state index in [0.717, 1.165) is 0 Å². The molecule has 0 bridgehead atoms. The Bertz CT molecular complexity index is 860. The normalized spacial score (nSPS) is 10.9. The topological polar surface area (TPSA) is 92.6 Å². The van der Waals surface area contributed by atoms with E-state index in [2.05, 4.69) is 15.5 Å². The Kier molecular flexibility index (Phi) is 3.74. The van der Waals surface area contributed by atoms with Crippen LogP contribution in [0.1, 0.15) is 11.4 Å². The zero-order chi connectivity index (χ0) is 15.7. The molecule has 0 unspecified atom stereocenters. The molecule has 0 spiro atoms. The van der Waals surface area contributed by atoms with E-state index < -0.39 is 5.82 Å². The van der Waals surface area contributed by atoms with Crippen molar-refractivity contribution in [2.75, 3.05) is 0 Å². The van der Waals surface area contributed by atoms with E-state index in [1.165, 1.54) is 18.3 Å². The highest BCUT2D eigenvalue weighted by Gasteiger charge is 2.16. The van der Waals surface area contributed by atoms with Gasteiger partial charge in [-0.15, -0.1) is 0 Å². The van der Waals surface area contributed by atoms with Gasteiger partial charge in [0.2, 0.25) is 0 Å². The first-order chi connectivity index (χ1) is 10.6. The number of hydrazine groups is 1. The predicted molar refractivity (Wildman–Crippen MR) is 82.2 cm³/mol. The molecule has 112 valence electrons. The highest BCUT2D eigenvalue weighted by Crippen LogP contribution is 2.23. The number of fused-ring (bicyclic) bond motifs is 1. The van der Waals surface area contributed by atoms with Crippen LogP contribution in [0.15, 0.2) is 36.5 Å². The fraction of sp³-hybridized carbons (Fsp3) is 0.0714. The van der Waals surface area contributed by atoms with Crippen molar-refractivity contribution >= 4 is 28.3 Å². The second kappa shape index (κ2) is 5.70. The van der Waals surface area contributed by atoms with E-state index in [-0.39, 0.29) is 18.1 Å². The molecule has 0 radical (unpaired) electrons. The van der Waals surface area contributed by atoms with Gasteiger partial charge in [0.05, 0.1) is 17.8 Å². The molecule has 4 N–H and O–H groups in total.